The van der Waals surface area contributed by atoms with E-state index in [0.29, 0.717) is 11.8 Å². The second-order valence-corrected chi connectivity index (χ2v) is 6.08. The SMILES string of the molecule is Cc1nc(C(F)(F)F)ccc1C(=O)NC1(C(=O)O)CCSC1. The summed E-state index contributed by atoms with van der Waals surface area (Å²) in [6.45, 7) is 1.28. The number of amides is 1. The van der Waals surface area contributed by atoms with Gasteiger partial charge >= 0.3 is 12.1 Å². The third-order valence-electron chi connectivity index (χ3n) is 3.40. The summed E-state index contributed by atoms with van der Waals surface area (Å²) >= 11 is 1.40. The first-order valence-electron chi connectivity index (χ1n) is 6.34. The lowest BCUT2D eigenvalue weighted by Crippen LogP contribution is -2.54. The molecule has 5 nitrogen and oxygen atoms in total. The molecule has 9 heteroatoms. The molecule has 0 aliphatic carbocycles. The number of rotatable bonds is 3. The van der Waals surface area contributed by atoms with E-state index in [0.717, 1.165) is 6.07 Å². The van der Waals surface area contributed by atoms with Crippen LogP contribution >= 0.6 is 11.8 Å². The highest BCUT2D eigenvalue weighted by Crippen LogP contribution is 2.30. The van der Waals surface area contributed by atoms with E-state index in [4.69, 9.17) is 0 Å². The standard InChI is InChI=1S/C13H13F3N2O3S/c1-7-8(2-3-9(17-7)13(14,15)16)10(19)18-12(11(20)21)4-5-22-6-12/h2-3H,4-6H2,1H3,(H,18,19)(H,20,21). The molecule has 2 heterocycles. The molecule has 0 bridgehead atoms. The first kappa shape index (κ1) is 16.6. The van der Waals surface area contributed by atoms with Gasteiger partial charge in [0.2, 0.25) is 0 Å². The Morgan fingerprint density at radius 1 is 1.41 bits per heavy atom. The smallest absolute Gasteiger partial charge is 0.433 e. The van der Waals surface area contributed by atoms with Crippen LogP contribution in [0.5, 0.6) is 0 Å². The van der Waals surface area contributed by atoms with Gasteiger partial charge in [0.25, 0.3) is 5.91 Å². The number of carbonyl (C=O) groups is 2. The Morgan fingerprint density at radius 3 is 2.55 bits per heavy atom. The predicted molar refractivity (Wildman–Crippen MR) is 73.8 cm³/mol. The zero-order valence-corrected chi connectivity index (χ0v) is 12.3. The highest BCUT2D eigenvalue weighted by atomic mass is 32.2. The number of hydrogen-bond acceptors (Lipinski definition) is 4. The van der Waals surface area contributed by atoms with Gasteiger partial charge in [0.15, 0.2) is 0 Å². The number of aromatic nitrogens is 1. The highest BCUT2D eigenvalue weighted by molar-refractivity contribution is 7.99. The predicted octanol–water partition coefficient (Wildman–Crippen LogP) is 2.10. The second-order valence-electron chi connectivity index (χ2n) is 4.97. The van der Waals surface area contributed by atoms with Crippen LogP contribution in [0.15, 0.2) is 12.1 Å². The van der Waals surface area contributed by atoms with Crippen LogP contribution in [0.2, 0.25) is 0 Å². The van der Waals surface area contributed by atoms with Crippen molar-refractivity contribution in [1.29, 1.82) is 0 Å². The van der Waals surface area contributed by atoms with Crippen molar-refractivity contribution >= 4 is 23.6 Å². The van der Waals surface area contributed by atoms with Crippen LogP contribution in [-0.4, -0.2) is 39.0 Å². The number of thioether (sulfide) groups is 1. The van der Waals surface area contributed by atoms with Crippen molar-refractivity contribution in [1.82, 2.24) is 10.3 Å². The Labute approximate surface area is 128 Å². The van der Waals surface area contributed by atoms with Crippen LogP contribution in [-0.2, 0) is 11.0 Å². The second kappa shape index (κ2) is 5.79. The zero-order chi connectivity index (χ0) is 16.5. The average molecular weight is 334 g/mol. The van der Waals surface area contributed by atoms with E-state index in [-0.39, 0.29) is 23.4 Å². The Balaban J connectivity index is 2.25. The minimum Gasteiger partial charge on any atom is -0.479 e. The van der Waals surface area contributed by atoms with Crippen LogP contribution in [0.4, 0.5) is 13.2 Å². The maximum Gasteiger partial charge on any atom is 0.433 e. The van der Waals surface area contributed by atoms with E-state index in [1.807, 2.05) is 0 Å². The zero-order valence-electron chi connectivity index (χ0n) is 11.5. The third-order valence-corrected chi connectivity index (χ3v) is 4.59. The van der Waals surface area contributed by atoms with Gasteiger partial charge in [-0.05, 0) is 31.2 Å². The Hall–Kier alpha value is -1.77. The molecular formula is C13H13F3N2O3S. The van der Waals surface area contributed by atoms with E-state index >= 15 is 0 Å². The van der Waals surface area contributed by atoms with Crippen molar-refractivity contribution in [2.24, 2.45) is 0 Å². The summed E-state index contributed by atoms with van der Waals surface area (Å²) in [5.74, 6) is -1.06. The molecule has 0 saturated carbocycles. The molecular weight excluding hydrogens is 321 g/mol. The summed E-state index contributed by atoms with van der Waals surface area (Å²) < 4.78 is 37.7. The molecule has 22 heavy (non-hydrogen) atoms. The summed E-state index contributed by atoms with van der Waals surface area (Å²) in [5.41, 5.74) is -2.63. The molecule has 120 valence electrons. The van der Waals surface area contributed by atoms with E-state index in [1.165, 1.54) is 18.7 Å². The topological polar surface area (TPSA) is 79.3 Å². The maximum absolute atomic E-state index is 12.6. The first-order chi connectivity index (χ1) is 10.2. The summed E-state index contributed by atoms with van der Waals surface area (Å²) in [5, 5.41) is 11.7. The molecule has 0 spiro atoms. The number of carbonyl (C=O) groups excluding carboxylic acids is 1. The summed E-state index contributed by atoms with van der Waals surface area (Å²) in [6, 6.07) is 1.72. The maximum atomic E-state index is 12.6. The Kier molecular flexibility index (Phi) is 4.37. The molecule has 0 radical (unpaired) electrons. The van der Waals surface area contributed by atoms with Gasteiger partial charge in [-0.3, -0.25) is 4.79 Å². The van der Waals surface area contributed by atoms with Crippen molar-refractivity contribution in [3.05, 3.63) is 29.1 Å². The van der Waals surface area contributed by atoms with E-state index in [1.54, 1.807) is 0 Å². The molecule has 1 aromatic rings. The molecule has 1 atom stereocenters. The molecule has 1 aliphatic rings. The molecule has 2 N–H and O–H groups in total. The van der Waals surface area contributed by atoms with Crippen molar-refractivity contribution in [2.45, 2.75) is 25.1 Å². The van der Waals surface area contributed by atoms with Gasteiger partial charge in [0.1, 0.15) is 11.2 Å². The number of aliphatic carboxylic acids is 1. The fraction of sp³-hybridized carbons (Fsp3) is 0.462. The fourth-order valence-electron chi connectivity index (χ4n) is 2.13. The summed E-state index contributed by atoms with van der Waals surface area (Å²) in [6.07, 6.45) is -4.32. The van der Waals surface area contributed by atoms with Gasteiger partial charge in [-0.2, -0.15) is 24.9 Å². The largest absolute Gasteiger partial charge is 0.479 e. The van der Waals surface area contributed by atoms with Crippen molar-refractivity contribution in [3.8, 4) is 0 Å². The van der Waals surface area contributed by atoms with E-state index in [2.05, 4.69) is 10.3 Å². The lowest BCUT2D eigenvalue weighted by Gasteiger charge is -2.25. The van der Waals surface area contributed by atoms with Crippen LogP contribution in [0.25, 0.3) is 0 Å². The van der Waals surface area contributed by atoms with Crippen molar-refractivity contribution < 1.29 is 27.9 Å². The normalized spacial score (nSPS) is 21.6. The number of nitrogens with zero attached hydrogens (tertiary/aromatic N) is 1. The molecule has 1 aliphatic heterocycles. The van der Waals surface area contributed by atoms with Gasteiger partial charge < -0.3 is 10.4 Å². The third kappa shape index (κ3) is 3.18. The van der Waals surface area contributed by atoms with Gasteiger partial charge in [-0.1, -0.05) is 0 Å². The number of aryl methyl sites for hydroxylation is 1. The fourth-order valence-corrected chi connectivity index (χ4v) is 3.45. The van der Waals surface area contributed by atoms with Crippen molar-refractivity contribution in [2.75, 3.05) is 11.5 Å². The monoisotopic (exact) mass is 334 g/mol. The van der Waals surface area contributed by atoms with Gasteiger partial charge in [-0.15, -0.1) is 0 Å². The average Bonchev–Trinajstić information content (AvgIpc) is 2.87. The van der Waals surface area contributed by atoms with Crippen molar-refractivity contribution in [3.63, 3.8) is 0 Å². The number of pyridine rings is 1. The van der Waals surface area contributed by atoms with Crippen LogP contribution in [0.3, 0.4) is 0 Å². The molecule has 1 saturated heterocycles. The van der Waals surface area contributed by atoms with Gasteiger partial charge in [0.05, 0.1) is 11.3 Å². The highest BCUT2D eigenvalue weighted by Gasteiger charge is 2.43. The number of carboxylic acid groups (broad SMARTS) is 1. The quantitative estimate of drug-likeness (QED) is 0.885. The summed E-state index contributed by atoms with van der Waals surface area (Å²) in [4.78, 5) is 26.9. The van der Waals surface area contributed by atoms with Gasteiger partial charge in [-0.25, -0.2) is 9.78 Å². The van der Waals surface area contributed by atoms with Crippen LogP contribution in [0.1, 0.15) is 28.2 Å². The van der Waals surface area contributed by atoms with E-state index < -0.39 is 29.3 Å². The summed E-state index contributed by atoms with van der Waals surface area (Å²) in [7, 11) is 0. The number of hydrogen-bond donors (Lipinski definition) is 2. The lowest BCUT2D eigenvalue weighted by molar-refractivity contribution is -0.143. The molecule has 2 rings (SSSR count). The number of carboxylic acids is 1. The van der Waals surface area contributed by atoms with Gasteiger partial charge in [0, 0.05) is 5.75 Å². The first-order valence-corrected chi connectivity index (χ1v) is 7.50. The minimum absolute atomic E-state index is 0.0643. The molecule has 1 amide bonds. The number of nitrogens with one attached hydrogen (secondary N) is 1. The van der Waals surface area contributed by atoms with Crippen LogP contribution < -0.4 is 5.32 Å². The Bertz CT molecular complexity index is 613. The van der Waals surface area contributed by atoms with E-state index in [9.17, 15) is 27.9 Å². The number of halogens is 3. The molecule has 1 aromatic heterocycles. The van der Waals surface area contributed by atoms with Crippen LogP contribution in [0, 0.1) is 6.92 Å². The number of alkyl halides is 3. The molecule has 1 unspecified atom stereocenters. The molecule has 0 aromatic carbocycles. The lowest BCUT2D eigenvalue weighted by atomic mass is 9.98. The molecule has 1 fully saturated rings. The Morgan fingerprint density at radius 2 is 2.09 bits per heavy atom. The minimum atomic E-state index is -4.59.